The number of hydrogen-bond acceptors (Lipinski definition) is 3. The number of anilines is 1. The van der Waals surface area contributed by atoms with Gasteiger partial charge in [-0.3, -0.25) is 4.99 Å². The lowest BCUT2D eigenvalue weighted by atomic mass is 10.1. The summed E-state index contributed by atoms with van der Waals surface area (Å²) in [6.45, 7) is 4.64. The lowest BCUT2D eigenvalue weighted by molar-refractivity contribution is 0.260. The molecule has 26 heavy (non-hydrogen) atoms. The average Bonchev–Trinajstić information content (AvgIpc) is 3.44. The Kier molecular flexibility index (Phi) is 7.94. The van der Waals surface area contributed by atoms with Crippen molar-refractivity contribution in [3.8, 4) is 0 Å². The maximum absolute atomic E-state index is 13.1. The number of hydrogen-bond donors (Lipinski definition) is 1. The van der Waals surface area contributed by atoms with Crippen LogP contribution in [0.4, 0.5) is 10.1 Å². The Labute approximate surface area is 173 Å². The zero-order valence-electron chi connectivity index (χ0n) is 16.0. The Hall–Kier alpha value is -1.09. The molecule has 0 aromatic heterocycles. The number of nitrogens with one attached hydrogen (secondary N) is 1. The highest BCUT2D eigenvalue weighted by Crippen LogP contribution is 2.34. The summed E-state index contributed by atoms with van der Waals surface area (Å²) in [4.78, 5) is 11.4. The van der Waals surface area contributed by atoms with Crippen molar-refractivity contribution in [1.82, 2.24) is 15.1 Å². The second kappa shape index (κ2) is 9.73. The number of aliphatic imine (C=N–C) groups is 1. The molecule has 7 heteroatoms. The average molecular weight is 475 g/mol. The van der Waals surface area contributed by atoms with Crippen molar-refractivity contribution >= 4 is 35.6 Å². The Morgan fingerprint density at radius 1 is 1.19 bits per heavy atom. The molecule has 146 valence electrons. The molecular weight excluding hydrogens is 444 g/mol. The Morgan fingerprint density at radius 3 is 2.31 bits per heavy atom. The Balaban J connectivity index is 0.00000243. The van der Waals surface area contributed by atoms with E-state index in [9.17, 15) is 4.39 Å². The lowest BCUT2D eigenvalue weighted by Crippen LogP contribution is -2.54. The van der Waals surface area contributed by atoms with E-state index in [2.05, 4.69) is 39.1 Å². The van der Waals surface area contributed by atoms with Crippen molar-refractivity contribution in [3.05, 3.63) is 30.1 Å². The summed E-state index contributed by atoms with van der Waals surface area (Å²) in [5, 5.41) is 3.57. The van der Waals surface area contributed by atoms with E-state index in [4.69, 9.17) is 0 Å². The monoisotopic (exact) mass is 475 g/mol. The maximum atomic E-state index is 13.1. The zero-order valence-corrected chi connectivity index (χ0v) is 18.3. The van der Waals surface area contributed by atoms with Crippen molar-refractivity contribution < 1.29 is 4.39 Å². The van der Waals surface area contributed by atoms with Gasteiger partial charge in [-0.15, -0.1) is 24.0 Å². The van der Waals surface area contributed by atoms with Crippen LogP contribution in [-0.2, 0) is 0 Å². The third-order valence-corrected chi connectivity index (χ3v) is 5.28. The molecule has 1 saturated carbocycles. The van der Waals surface area contributed by atoms with Gasteiger partial charge in [0.2, 0.25) is 0 Å². The fraction of sp³-hybridized carbons (Fsp3) is 0.632. The molecule has 0 radical (unpaired) electrons. The molecule has 3 rings (SSSR count). The van der Waals surface area contributed by atoms with E-state index >= 15 is 0 Å². The molecule has 5 nitrogen and oxygen atoms in total. The second-order valence-electron chi connectivity index (χ2n) is 7.25. The van der Waals surface area contributed by atoms with Gasteiger partial charge >= 0.3 is 0 Å². The highest BCUT2D eigenvalue weighted by Gasteiger charge is 2.32. The van der Waals surface area contributed by atoms with Crippen LogP contribution >= 0.6 is 24.0 Å². The van der Waals surface area contributed by atoms with Gasteiger partial charge in [-0.05, 0) is 57.1 Å². The normalized spacial score (nSPS) is 19.3. The first kappa shape index (κ1) is 21.2. The highest BCUT2D eigenvalue weighted by atomic mass is 127. The first-order valence-corrected chi connectivity index (χ1v) is 9.21. The molecule has 2 aliphatic rings. The molecule has 1 aromatic carbocycles. The Morgan fingerprint density at radius 2 is 1.81 bits per heavy atom. The number of likely N-dealkylation sites (N-methyl/N-ethyl adjacent to an activating group) is 1. The van der Waals surface area contributed by atoms with Crippen LogP contribution in [0.25, 0.3) is 0 Å². The fourth-order valence-corrected chi connectivity index (χ4v) is 3.61. The summed E-state index contributed by atoms with van der Waals surface area (Å²) in [6.07, 6.45) is 2.69. The van der Waals surface area contributed by atoms with E-state index in [0.717, 1.165) is 50.3 Å². The Bertz CT molecular complexity index is 578. The smallest absolute Gasteiger partial charge is 0.193 e. The molecule has 1 aromatic rings. The van der Waals surface area contributed by atoms with Gasteiger partial charge in [-0.2, -0.15) is 0 Å². The molecule has 1 atom stereocenters. The van der Waals surface area contributed by atoms with Crippen LogP contribution in [0, 0.1) is 11.7 Å². The third-order valence-electron chi connectivity index (χ3n) is 5.28. The van der Waals surface area contributed by atoms with Crippen LogP contribution in [0.15, 0.2) is 29.3 Å². The van der Waals surface area contributed by atoms with Crippen molar-refractivity contribution in [1.29, 1.82) is 0 Å². The number of nitrogens with zero attached hydrogens (tertiary/aromatic N) is 4. The number of rotatable bonds is 5. The maximum Gasteiger partial charge on any atom is 0.193 e. The second-order valence-corrected chi connectivity index (χ2v) is 7.25. The summed E-state index contributed by atoms with van der Waals surface area (Å²) in [7, 11) is 6.18. The predicted octanol–water partition coefficient (Wildman–Crippen LogP) is 2.48. The highest BCUT2D eigenvalue weighted by molar-refractivity contribution is 14.0. The van der Waals surface area contributed by atoms with Crippen LogP contribution in [0.1, 0.15) is 12.8 Å². The standard InChI is InChI=1S/C19H30FN5.HI/c1-21-19(22-14-18(23(2)3)15-4-5-15)25-12-10-24(11-13-25)17-8-6-16(20)7-9-17;/h6-9,15,18H,4-5,10-14H2,1-3H3,(H,21,22);1H. The summed E-state index contributed by atoms with van der Waals surface area (Å²) < 4.78 is 13.1. The number of benzene rings is 1. The quantitative estimate of drug-likeness (QED) is 0.403. The van der Waals surface area contributed by atoms with Gasteiger partial charge in [0.15, 0.2) is 5.96 Å². The first-order valence-electron chi connectivity index (χ1n) is 9.21. The molecule has 2 fully saturated rings. The summed E-state index contributed by atoms with van der Waals surface area (Å²) in [5.41, 5.74) is 1.09. The topological polar surface area (TPSA) is 34.1 Å². The van der Waals surface area contributed by atoms with Crippen molar-refractivity contribution in [2.24, 2.45) is 10.9 Å². The van der Waals surface area contributed by atoms with E-state index in [-0.39, 0.29) is 29.8 Å². The van der Waals surface area contributed by atoms with Gasteiger partial charge < -0.3 is 20.0 Å². The van der Waals surface area contributed by atoms with Crippen LogP contribution in [-0.4, -0.2) is 75.7 Å². The van der Waals surface area contributed by atoms with Gasteiger partial charge in [0.1, 0.15) is 5.82 Å². The minimum atomic E-state index is -0.182. The predicted molar refractivity (Wildman–Crippen MR) is 117 cm³/mol. The van der Waals surface area contributed by atoms with E-state index in [1.807, 2.05) is 19.2 Å². The van der Waals surface area contributed by atoms with Crippen LogP contribution in [0.3, 0.4) is 0 Å². The molecule has 1 aliphatic carbocycles. The summed E-state index contributed by atoms with van der Waals surface area (Å²) >= 11 is 0. The molecule has 1 N–H and O–H groups in total. The summed E-state index contributed by atoms with van der Waals surface area (Å²) in [6, 6.07) is 7.35. The van der Waals surface area contributed by atoms with Crippen molar-refractivity contribution in [2.75, 3.05) is 58.8 Å². The minimum absolute atomic E-state index is 0. The van der Waals surface area contributed by atoms with Crippen LogP contribution in [0.5, 0.6) is 0 Å². The minimum Gasteiger partial charge on any atom is -0.368 e. The van der Waals surface area contributed by atoms with Gasteiger partial charge in [0.25, 0.3) is 0 Å². The van der Waals surface area contributed by atoms with Gasteiger partial charge in [0, 0.05) is 51.5 Å². The van der Waals surface area contributed by atoms with Gasteiger partial charge in [-0.25, -0.2) is 4.39 Å². The first-order chi connectivity index (χ1) is 12.1. The van der Waals surface area contributed by atoms with Gasteiger partial charge in [-0.1, -0.05) is 0 Å². The van der Waals surface area contributed by atoms with Crippen LogP contribution < -0.4 is 10.2 Å². The molecule has 0 spiro atoms. The van der Waals surface area contributed by atoms with E-state index < -0.39 is 0 Å². The third kappa shape index (κ3) is 5.45. The number of piperazine rings is 1. The zero-order chi connectivity index (χ0) is 17.8. The van der Waals surface area contributed by atoms with E-state index in [1.54, 1.807) is 0 Å². The molecule has 1 aliphatic heterocycles. The fourth-order valence-electron chi connectivity index (χ4n) is 3.61. The largest absolute Gasteiger partial charge is 0.368 e. The molecule has 1 unspecified atom stereocenters. The molecule has 0 amide bonds. The molecule has 1 heterocycles. The molecular formula is C19H31FIN5. The number of guanidine groups is 1. The lowest BCUT2D eigenvalue weighted by Gasteiger charge is -2.38. The summed E-state index contributed by atoms with van der Waals surface area (Å²) in [5.74, 6) is 1.64. The number of halogens is 2. The molecule has 1 saturated heterocycles. The van der Waals surface area contributed by atoms with Gasteiger partial charge in [0.05, 0.1) is 0 Å². The SMILES string of the molecule is CN=C(NCC(C1CC1)N(C)C)N1CCN(c2ccc(F)cc2)CC1.I. The van der Waals surface area contributed by atoms with Crippen molar-refractivity contribution in [2.45, 2.75) is 18.9 Å². The molecule has 0 bridgehead atoms. The van der Waals surface area contributed by atoms with E-state index in [1.165, 1.54) is 25.0 Å². The van der Waals surface area contributed by atoms with Crippen LogP contribution in [0.2, 0.25) is 0 Å². The van der Waals surface area contributed by atoms with Crippen molar-refractivity contribution in [3.63, 3.8) is 0 Å². The van der Waals surface area contributed by atoms with E-state index in [0.29, 0.717) is 6.04 Å².